The number of nitrogens with zero attached hydrogens (tertiary/aromatic N) is 2. The molecule has 0 spiro atoms. The number of benzene rings is 1. The molecule has 1 aromatic carbocycles. The average molecular weight is 397 g/mol. The number of alkyl halides is 3. The molecule has 10 heteroatoms. The number of aliphatic carboxylic acids is 1. The van der Waals surface area contributed by atoms with Gasteiger partial charge in [0.25, 0.3) is 0 Å². The Bertz CT molecular complexity index is 821. The number of anilines is 1. The minimum Gasteiger partial charge on any atom is -0.480 e. The van der Waals surface area contributed by atoms with Gasteiger partial charge in [0.05, 0.1) is 5.56 Å². The van der Waals surface area contributed by atoms with E-state index in [1.54, 1.807) is 12.1 Å². The fourth-order valence-corrected chi connectivity index (χ4v) is 2.15. The number of amides is 1. The van der Waals surface area contributed by atoms with E-state index in [2.05, 4.69) is 10.3 Å². The van der Waals surface area contributed by atoms with E-state index in [0.29, 0.717) is 17.5 Å². The van der Waals surface area contributed by atoms with Crippen molar-refractivity contribution < 1.29 is 32.6 Å². The Kier molecular flexibility index (Phi) is 6.45. The fraction of sp³-hybridized carbons (Fsp3) is 0.278. The van der Waals surface area contributed by atoms with Gasteiger partial charge < -0.3 is 20.1 Å². The number of carboxylic acid groups (broad SMARTS) is 1. The van der Waals surface area contributed by atoms with Crippen LogP contribution in [-0.2, 0) is 17.4 Å². The molecule has 0 radical (unpaired) electrons. The molecule has 0 bridgehead atoms. The molecule has 1 amide bonds. The van der Waals surface area contributed by atoms with E-state index in [4.69, 9.17) is 4.74 Å². The first-order chi connectivity index (χ1) is 13.1. The minimum absolute atomic E-state index is 0.0110. The number of pyridine rings is 1. The molecule has 0 aliphatic carbocycles. The zero-order chi connectivity index (χ0) is 20.9. The van der Waals surface area contributed by atoms with Crippen LogP contribution < -0.4 is 10.1 Å². The molecule has 0 aliphatic rings. The predicted molar refractivity (Wildman–Crippen MR) is 94.1 cm³/mol. The molecule has 1 heterocycles. The number of hydrogen-bond acceptors (Lipinski definition) is 5. The lowest BCUT2D eigenvalue weighted by atomic mass is 10.1. The molecule has 0 aliphatic heterocycles. The van der Waals surface area contributed by atoms with Crippen LogP contribution in [-0.4, -0.2) is 47.2 Å². The summed E-state index contributed by atoms with van der Waals surface area (Å²) in [7, 11) is 3.07. The lowest BCUT2D eigenvalue weighted by Gasteiger charge is -2.16. The Hall–Kier alpha value is -3.30. The van der Waals surface area contributed by atoms with Gasteiger partial charge in [0, 0.05) is 26.7 Å². The summed E-state index contributed by atoms with van der Waals surface area (Å²) < 4.78 is 42.8. The number of hydrogen-bond donors (Lipinski definition) is 2. The van der Waals surface area contributed by atoms with E-state index in [0.717, 1.165) is 12.1 Å². The van der Waals surface area contributed by atoms with Gasteiger partial charge in [-0.15, -0.1) is 0 Å². The summed E-state index contributed by atoms with van der Waals surface area (Å²) in [6, 6.07) is 7.01. The number of carboxylic acids is 1. The summed E-state index contributed by atoms with van der Waals surface area (Å²) in [6.45, 7) is 0. The first-order valence-corrected chi connectivity index (χ1v) is 8.07. The van der Waals surface area contributed by atoms with Crippen LogP contribution in [0.15, 0.2) is 42.6 Å². The van der Waals surface area contributed by atoms with Crippen molar-refractivity contribution in [2.24, 2.45) is 0 Å². The quantitative estimate of drug-likeness (QED) is 0.777. The summed E-state index contributed by atoms with van der Waals surface area (Å²) >= 11 is 0. The Morgan fingerprint density at radius 2 is 1.82 bits per heavy atom. The van der Waals surface area contributed by atoms with E-state index in [1.165, 1.54) is 31.1 Å². The van der Waals surface area contributed by atoms with Crippen molar-refractivity contribution in [3.8, 4) is 5.75 Å². The van der Waals surface area contributed by atoms with E-state index < -0.39 is 29.8 Å². The van der Waals surface area contributed by atoms with Crippen molar-refractivity contribution in [3.05, 3.63) is 53.7 Å². The number of rotatable bonds is 6. The van der Waals surface area contributed by atoms with Gasteiger partial charge in [-0.3, -0.25) is 0 Å². The largest absolute Gasteiger partial charge is 0.480 e. The number of ether oxygens (including phenoxy) is 1. The molecule has 2 N–H and O–H groups in total. The molecule has 28 heavy (non-hydrogen) atoms. The van der Waals surface area contributed by atoms with Crippen molar-refractivity contribution in [2.45, 2.75) is 18.6 Å². The summed E-state index contributed by atoms with van der Waals surface area (Å²) in [4.78, 5) is 27.8. The fourth-order valence-electron chi connectivity index (χ4n) is 2.15. The monoisotopic (exact) mass is 397 g/mol. The molecule has 2 aromatic rings. The van der Waals surface area contributed by atoms with E-state index in [9.17, 15) is 27.9 Å². The summed E-state index contributed by atoms with van der Waals surface area (Å²) in [6.07, 6.45) is -4.39. The van der Waals surface area contributed by atoms with Crippen molar-refractivity contribution in [3.63, 3.8) is 0 Å². The average Bonchev–Trinajstić information content (AvgIpc) is 2.62. The highest BCUT2D eigenvalue weighted by molar-refractivity contribution is 5.77. The van der Waals surface area contributed by atoms with Crippen molar-refractivity contribution in [1.29, 1.82) is 0 Å². The maximum Gasteiger partial charge on any atom is 0.417 e. The van der Waals surface area contributed by atoms with Crippen LogP contribution in [0, 0.1) is 0 Å². The number of carbonyl (C=O) groups excluding carboxylic acids is 1. The van der Waals surface area contributed by atoms with Gasteiger partial charge in [-0.25, -0.2) is 14.6 Å². The number of halogens is 3. The molecule has 2 rings (SSSR count). The highest BCUT2D eigenvalue weighted by Crippen LogP contribution is 2.29. The van der Waals surface area contributed by atoms with Gasteiger partial charge in [0.1, 0.15) is 17.6 Å². The first kappa shape index (κ1) is 21.0. The van der Waals surface area contributed by atoms with Crippen LogP contribution in [0.1, 0.15) is 11.1 Å². The topological polar surface area (TPSA) is 91.8 Å². The van der Waals surface area contributed by atoms with Crippen LogP contribution in [0.5, 0.6) is 5.75 Å². The van der Waals surface area contributed by atoms with E-state index in [-0.39, 0.29) is 12.2 Å². The second-order valence-electron chi connectivity index (χ2n) is 6.08. The third-order valence-electron chi connectivity index (χ3n) is 3.64. The molecule has 1 aromatic heterocycles. The number of nitrogens with one attached hydrogen (secondary N) is 1. The second-order valence-corrected chi connectivity index (χ2v) is 6.08. The third-order valence-corrected chi connectivity index (χ3v) is 3.64. The lowest BCUT2D eigenvalue weighted by Crippen LogP contribution is -2.32. The normalized spacial score (nSPS) is 12.2. The Balaban J connectivity index is 2.05. The molecular formula is C18H18F3N3O4. The Labute approximate surface area is 158 Å². The molecule has 0 saturated heterocycles. The van der Waals surface area contributed by atoms with Gasteiger partial charge >= 0.3 is 18.2 Å². The summed E-state index contributed by atoms with van der Waals surface area (Å²) in [5.74, 6) is -0.881. The van der Waals surface area contributed by atoms with Crippen LogP contribution >= 0.6 is 0 Å². The van der Waals surface area contributed by atoms with Crippen molar-refractivity contribution in [2.75, 3.05) is 19.4 Å². The molecule has 7 nitrogen and oxygen atoms in total. The molecular weight excluding hydrogens is 379 g/mol. The smallest absolute Gasteiger partial charge is 0.417 e. The first-order valence-electron chi connectivity index (χ1n) is 8.07. The highest BCUT2D eigenvalue weighted by atomic mass is 19.4. The predicted octanol–water partition coefficient (Wildman–Crippen LogP) is 3.27. The third kappa shape index (κ3) is 5.86. The van der Waals surface area contributed by atoms with Gasteiger partial charge in [-0.05, 0) is 29.8 Å². The molecule has 1 atom stereocenters. The van der Waals surface area contributed by atoms with Crippen LogP contribution in [0.25, 0.3) is 0 Å². The van der Waals surface area contributed by atoms with Crippen molar-refractivity contribution in [1.82, 2.24) is 9.88 Å². The van der Waals surface area contributed by atoms with E-state index in [1.807, 2.05) is 0 Å². The van der Waals surface area contributed by atoms with Gasteiger partial charge in [-0.1, -0.05) is 12.1 Å². The van der Waals surface area contributed by atoms with Crippen LogP contribution in [0.2, 0.25) is 0 Å². The maximum atomic E-state index is 12.6. The molecule has 0 unspecified atom stereocenters. The Morgan fingerprint density at radius 1 is 1.18 bits per heavy atom. The van der Waals surface area contributed by atoms with Gasteiger partial charge in [-0.2, -0.15) is 13.2 Å². The number of aromatic nitrogens is 1. The second kappa shape index (κ2) is 8.59. The maximum absolute atomic E-state index is 12.6. The SMILES string of the molecule is CN(C)C(=O)Oc1ccc(C[C@H](Nc2ccc(C(F)(F)F)cn2)C(=O)O)cc1. The molecule has 0 saturated carbocycles. The lowest BCUT2D eigenvalue weighted by molar-refractivity contribution is -0.138. The van der Waals surface area contributed by atoms with Crippen molar-refractivity contribution >= 4 is 17.9 Å². The van der Waals surface area contributed by atoms with Crippen LogP contribution in [0.4, 0.5) is 23.8 Å². The van der Waals surface area contributed by atoms with E-state index >= 15 is 0 Å². The standard InChI is InChI=1S/C18H18F3N3O4/c1-24(2)17(27)28-13-6-3-11(4-7-13)9-14(16(25)26)23-15-8-5-12(10-22-15)18(19,20)21/h3-8,10,14H,9H2,1-2H3,(H,22,23)(H,25,26)/t14-/m0/s1. The minimum atomic E-state index is -4.52. The zero-order valence-corrected chi connectivity index (χ0v) is 15.0. The van der Waals surface area contributed by atoms with Gasteiger partial charge in [0.2, 0.25) is 0 Å². The van der Waals surface area contributed by atoms with Crippen LogP contribution in [0.3, 0.4) is 0 Å². The molecule has 0 fully saturated rings. The highest BCUT2D eigenvalue weighted by Gasteiger charge is 2.30. The summed E-state index contributed by atoms with van der Waals surface area (Å²) in [5, 5.41) is 12.0. The molecule has 150 valence electrons. The number of carbonyl (C=O) groups is 2. The van der Waals surface area contributed by atoms with Gasteiger partial charge in [0.15, 0.2) is 0 Å². The zero-order valence-electron chi connectivity index (χ0n) is 15.0. The Morgan fingerprint density at radius 3 is 2.29 bits per heavy atom. The summed E-state index contributed by atoms with van der Waals surface area (Å²) in [5.41, 5.74) is -0.302.